The molecule has 7 heteroatoms. The number of para-hydroxylation sites is 1. The van der Waals surface area contributed by atoms with Gasteiger partial charge in [0.1, 0.15) is 5.58 Å². The van der Waals surface area contributed by atoms with Gasteiger partial charge in [0.05, 0.1) is 5.69 Å². The molecular formula is C19H19N3O3S. The molecule has 3 N–H and O–H groups in total. The highest BCUT2D eigenvalue weighted by Gasteiger charge is 2.16. The summed E-state index contributed by atoms with van der Waals surface area (Å²) in [5, 5.41) is 9.23. The van der Waals surface area contributed by atoms with Crippen molar-refractivity contribution >= 4 is 45.8 Å². The number of hydrogen-bond donors (Lipinski definition) is 3. The quantitative estimate of drug-likeness (QED) is 0.452. The molecule has 6 nitrogen and oxygen atoms in total. The van der Waals surface area contributed by atoms with E-state index in [1.807, 2.05) is 43.5 Å². The summed E-state index contributed by atoms with van der Waals surface area (Å²) in [5.41, 5.74) is 1.14. The van der Waals surface area contributed by atoms with Gasteiger partial charge in [0.25, 0.3) is 0 Å². The Morgan fingerprint density at radius 1 is 1.08 bits per heavy atom. The van der Waals surface area contributed by atoms with Gasteiger partial charge in [0.15, 0.2) is 5.69 Å². The second-order valence-electron chi connectivity index (χ2n) is 5.48. The molecule has 0 aliphatic heterocycles. The van der Waals surface area contributed by atoms with Crippen LogP contribution in [-0.2, 0) is 0 Å². The van der Waals surface area contributed by atoms with Crippen molar-refractivity contribution < 1.29 is 9.21 Å². The largest absolute Gasteiger partial charge is 0.421 e. The molecule has 3 aromatic rings. The maximum Gasteiger partial charge on any atom is 0.362 e. The molecule has 26 heavy (non-hydrogen) atoms. The fraction of sp³-hybridized carbons (Fsp3) is 0.158. The maximum atomic E-state index is 12.4. The number of nitrogens with one attached hydrogen (secondary N) is 3. The van der Waals surface area contributed by atoms with E-state index in [0.717, 1.165) is 10.3 Å². The van der Waals surface area contributed by atoms with Crippen LogP contribution in [0.1, 0.15) is 6.92 Å². The third kappa shape index (κ3) is 3.83. The van der Waals surface area contributed by atoms with Crippen LogP contribution in [0.5, 0.6) is 0 Å². The van der Waals surface area contributed by atoms with Crippen molar-refractivity contribution in [2.75, 3.05) is 28.8 Å². The number of hydrogen-bond acceptors (Lipinski definition) is 5. The van der Waals surface area contributed by atoms with Crippen LogP contribution < -0.4 is 21.6 Å². The van der Waals surface area contributed by atoms with Crippen molar-refractivity contribution in [2.24, 2.45) is 0 Å². The molecule has 0 aliphatic carbocycles. The lowest BCUT2D eigenvalue weighted by Gasteiger charge is -2.14. The standard InChI is InChI=1S/C19H19N3O3S/c1-3-20-16-14-9-4-5-10-15(14)25-18(23)17(16)22-19(24)21-12-7-6-8-13(11-12)26-2/h4-11,20H,3H2,1-2H3,(H2,21,22,24). The molecule has 0 bridgehead atoms. The average Bonchev–Trinajstić information content (AvgIpc) is 2.64. The van der Waals surface area contributed by atoms with Crippen molar-refractivity contribution in [3.05, 3.63) is 59.0 Å². The molecule has 0 aliphatic rings. The van der Waals surface area contributed by atoms with Crippen LogP contribution in [0.4, 0.5) is 21.9 Å². The summed E-state index contributed by atoms with van der Waals surface area (Å²) >= 11 is 1.58. The molecule has 0 spiro atoms. The number of fused-ring (bicyclic) bond motifs is 1. The summed E-state index contributed by atoms with van der Waals surface area (Å²) in [4.78, 5) is 25.8. The zero-order valence-corrected chi connectivity index (χ0v) is 15.3. The average molecular weight is 369 g/mol. The lowest BCUT2D eigenvalue weighted by molar-refractivity contribution is 0.262. The predicted molar refractivity (Wildman–Crippen MR) is 108 cm³/mol. The van der Waals surface area contributed by atoms with Gasteiger partial charge < -0.3 is 15.1 Å². The summed E-state index contributed by atoms with van der Waals surface area (Å²) < 4.78 is 5.33. The van der Waals surface area contributed by atoms with Gasteiger partial charge in [-0.05, 0) is 43.5 Å². The predicted octanol–water partition coefficient (Wildman–Crippen LogP) is 4.59. The van der Waals surface area contributed by atoms with Crippen molar-refractivity contribution in [2.45, 2.75) is 11.8 Å². The Kier molecular flexibility index (Phi) is 5.48. The Bertz CT molecular complexity index is 1000. The van der Waals surface area contributed by atoms with Crippen molar-refractivity contribution in [3.8, 4) is 0 Å². The van der Waals surface area contributed by atoms with Gasteiger partial charge >= 0.3 is 11.7 Å². The molecule has 134 valence electrons. The highest BCUT2D eigenvalue weighted by molar-refractivity contribution is 7.98. The van der Waals surface area contributed by atoms with Crippen molar-refractivity contribution in [1.29, 1.82) is 0 Å². The van der Waals surface area contributed by atoms with Gasteiger partial charge in [0, 0.05) is 22.5 Å². The molecule has 3 rings (SSSR count). The fourth-order valence-corrected chi connectivity index (χ4v) is 3.06. The van der Waals surface area contributed by atoms with Crippen LogP contribution in [0.3, 0.4) is 0 Å². The van der Waals surface area contributed by atoms with Crippen LogP contribution >= 0.6 is 11.8 Å². The van der Waals surface area contributed by atoms with Gasteiger partial charge in [-0.25, -0.2) is 9.59 Å². The van der Waals surface area contributed by atoms with Gasteiger partial charge in [-0.1, -0.05) is 18.2 Å². The van der Waals surface area contributed by atoms with E-state index >= 15 is 0 Å². The fourth-order valence-electron chi connectivity index (χ4n) is 2.60. The van der Waals surface area contributed by atoms with Crippen LogP contribution in [-0.4, -0.2) is 18.8 Å². The zero-order chi connectivity index (χ0) is 18.5. The minimum atomic E-state index is -0.604. The first-order chi connectivity index (χ1) is 12.6. The summed E-state index contributed by atoms with van der Waals surface area (Å²) in [5.74, 6) is 0. The smallest absolute Gasteiger partial charge is 0.362 e. The third-order valence-corrected chi connectivity index (χ3v) is 4.46. The Morgan fingerprint density at radius 3 is 2.65 bits per heavy atom. The molecule has 2 aromatic carbocycles. The van der Waals surface area contributed by atoms with Crippen LogP contribution in [0.15, 0.2) is 62.6 Å². The third-order valence-electron chi connectivity index (χ3n) is 3.73. The minimum absolute atomic E-state index is 0.0871. The molecular weight excluding hydrogens is 350 g/mol. The lowest BCUT2D eigenvalue weighted by Crippen LogP contribution is -2.24. The van der Waals surface area contributed by atoms with E-state index < -0.39 is 11.7 Å². The topological polar surface area (TPSA) is 83.4 Å². The molecule has 0 saturated carbocycles. The van der Waals surface area contributed by atoms with Crippen molar-refractivity contribution in [1.82, 2.24) is 0 Å². The molecule has 0 fully saturated rings. The number of amides is 2. The highest BCUT2D eigenvalue weighted by Crippen LogP contribution is 2.28. The number of rotatable bonds is 5. The molecule has 1 aromatic heterocycles. The molecule has 1 heterocycles. The highest BCUT2D eigenvalue weighted by atomic mass is 32.2. The molecule has 0 saturated heterocycles. The monoisotopic (exact) mass is 369 g/mol. The number of urea groups is 1. The van der Waals surface area contributed by atoms with E-state index in [1.165, 1.54) is 0 Å². The van der Waals surface area contributed by atoms with Gasteiger partial charge in [0.2, 0.25) is 0 Å². The summed E-state index contributed by atoms with van der Waals surface area (Å²) in [7, 11) is 0. The second kappa shape index (κ2) is 7.97. The first-order valence-corrected chi connectivity index (χ1v) is 9.36. The summed E-state index contributed by atoms with van der Waals surface area (Å²) in [6.07, 6.45) is 1.96. The molecule has 0 unspecified atom stereocenters. The number of thioether (sulfide) groups is 1. The molecule has 2 amide bonds. The van der Waals surface area contributed by atoms with Gasteiger partial charge in [-0.3, -0.25) is 5.32 Å². The lowest BCUT2D eigenvalue weighted by atomic mass is 10.2. The second-order valence-corrected chi connectivity index (χ2v) is 6.36. The number of benzene rings is 2. The molecule has 0 radical (unpaired) electrons. The number of anilines is 3. The van der Waals surface area contributed by atoms with Gasteiger partial charge in [-0.2, -0.15) is 0 Å². The summed E-state index contributed by atoms with van der Waals surface area (Å²) in [6, 6.07) is 14.1. The Labute approximate surface area is 155 Å². The number of carbonyl (C=O) groups excluding carboxylic acids is 1. The molecule has 0 atom stereocenters. The van der Waals surface area contributed by atoms with E-state index in [-0.39, 0.29) is 5.69 Å². The normalized spacial score (nSPS) is 10.5. The first-order valence-electron chi connectivity index (χ1n) is 8.14. The Hall–Kier alpha value is -2.93. The van der Waals surface area contributed by atoms with E-state index in [2.05, 4.69) is 16.0 Å². The number of carbonyl (C=O) groups is 1. The van der Waals surface area contributed by atoms with E-state index in [9.17, 15) is 9.59 Å². The van der Waals surface area contributed by atoms with Crippen molar-refractivity contribution in [3.63, 3.8) is 0 Å². The zero-order valence-electron chi connectivity index (χ0n) is 14.5. The maximum absolute atomic E-state index is 12.4. The minimum Gasteiger partial charge on any atom is -0.421 e. The van der Waals surface area contributed by atoms with Crippen LogP contribution in [0.25, 0.3) is 11.0 Å². The Morgan fingerprint density at radius 2 is 1.88 bits per heavy atom. The first kappa shape index (κ1) is 17.9. The van der Waals surface area contributed by atoms with Crippen LogP contribution in [0, 0.1) is 0 Å². The van der Waals surface area contributed by atoms with Gasteiger partial charge in [-0.15, -0.1) is 11.8 Å². The Balaban J connectivity index is 1.92. The van der Waals surface area contributed by atoms with Crippen LogP contribution in [0.2, 0.25) is 0 Å². The van der Waals surface area contributed by atoms with E-state index in [0.29, 0.717) is 23.5 Å². The van der Waals surface area contributed by atoms with E-state index in [4.69, 9.17) is 4.42 Å². The summed E-state index contributed by atoms with van der Waals surface area (Å²) in [6.45, 7) is 2.51. The van der Waals surface area contributed by atoms with E-state index in [1.54, 1.807) is 30.0 Å². The SMILES string of the molecule is CCNc1c(NC(=O)Nc2cccc(SC)c2)c(=O)oc2ccccc12.